The van der Waals surface area contributed by atoms with Gasteiger partial charge in [-0.15, -0.1) is 10.2 Å². The van der Waals surface area contributed by atoms with Gasteiger partial charge in [0.05, 0.1) is 33.4 Å². The third-order valence-corrected chi connectivity index (χ3v) is 13.9. The summed E-state index contributed by atoms with van der Waals surface area (Å²) in [5.41, 5.74) is 1.45. The lowest BCUT2D eigenvalue weighted by molar-refractivity contribution is 0.0354. The molecule has 1 saturated carbocycles. The largest absolute Gasteiger partial charge is 0.490 e. The number of benzene rings is 3. The Balaban J connectivity index is 0.791. The van der Waals surface area contributed by atoms with Gasteiger partial charge in [-0.25, -0.2) is 17.2 Å². The van der Waals surface area contributed by atoms with Gasteiger partial charge in [0.25, 0.3) is 11.5 Å². The van der Waals surface area contributed by atoms with Crippen molar-refractivity contribution in [1.82, 2.24) is 25.1 Å². The minimum atomic E-state index is -3.80. The van der Waals surface area contributed by atoms with Gasteiger partial charge in [-0.3, -0.25) is 9.59 Å². The number of pyridine rings is 1. The molecule has 338 valence electrons. The van der Waals surface area contributed by atoms with Crippen molar-refractivity contribution in [3.05, 3.63) is 123 Å². The number of rotatable bonds is 15. The predicted molar refractivity (Wildman–Crippen MR) is 240 cm³/mol. The van der Waals surface area contributed by atoms with Crippen LogP contribution < -0.4 is 25.2 Å². The summed E-state index contributed by atoms with van der Waals surface area (Å²) in [5.74, 6) is -0.967. The molecule has 0 atom stereocenters. The molecule has 65 heavy (non-hydrogen) atoms. The van der Waals surface area contributed by atoms with Crippen LogP contribution in [-0.4, -0.2) is 77.8 Å². The van der Waals surface area contributed by atoms with Crippen LogP contribution in [0.25, 0.3) is 22.0 Å². The second kappa shape index (κ2) is 19.8. The molecule has 2 N–H and O–H groups in total. The topological polar surface area (TPSA) is 182 Å². The quantitative estimate of drug-likeness (QED) is 0.0946. The summed E-state index contributed by atoms with van der Waals surface area (Å²) in [6.45, 7) is 1.74. The van der Waals surface area contributed by atoms with E-state index in [0.29, 0.717) is 82.8 Å². The number of aryl methyl sites for hydroxylation is 1. The molecule has 1 amide bonds. The van der Waals surface area contributed by atoms with Gasteiger partial charge < -0.3 is 34.0 Å². The molecule has 18 heteroatoms. The number of hydrogen-bond acceptors (Lipinski definition) is 11. The van der Waals surface area contributed by atoms with Crippen LogP contribution in [-0.2, 0) is 21.6 Å². The van der Waals surface area contributed by atoms with Gasteiger partial charge in [0.15, 0.2) is 32.9 Å². The lowest BCUT2D eigenvalue weighted by Crippen LogP contribution is -2.40. The van der Waals surface area contributed by atoms with E-state index in [1.807, 2.05) is 6.07 Å². The van der Waals surface area contributed by atoms with Crippen molar-refractivity contribution in [2.75, 3.05) is 30.3 Å². The van der Waals surface area contributed by atoms with Crippen molar-refractivity contribution >= 4 is 44.1 Å². The third-order valence-electron chi connectivity index (χ3n) is 11.8. The summed E-state index contributed by atoms with van der Waals surface area (Å²) >= 11 is 6.14. The number of fused-ring (bicyclic) bond motifs is 1. The number of aromatic amines is 1. The number of aromatic nitrogens is 4. The second-order valence-electron chi connectivity index (χ2n) is 16.2. The zero-order valence-electron chi connectivity index (χ0n) is 35.4. The van der Waals surface area contributed by atoms with Gasteiger partial charge in [0.1, 0.15) is 28.9 Å². The Morgan fingerprint density at radius 2 is 1.71 bits per heavy atom. The number of nitrogens with one attached hydrogen (secondary N) is 2. The van der Waals surface area contributed by atoms with Gasteiger partial charge in [-0.1, -0.05) is 11.6 Å². The Hall–Kier alpha value is -6.35. The molecule has 0 unspecified atom stereocenters. The molecular formula is C47H46ClF2N7O7S. The van der Waals surface area contributed by atoms with Gasteiger partial charge in [-0.05, 0) is 112 Å². The molecular weight excluding hydrogens is 880 g/mol. The van der Waals surface area contributed by atoms with Crippen LogP contribution in [0, 0.1) is 23.0 Å². The van der Waals surface area contributed by atoms with Crippen molar-refractivity contribution < 1.29 is 36.2 Å². The standard InChI is InChI=1S/C47H46ClF2N7O7S/c1-56-28-38(36-16-19-52-45(36)47(56)59)37-26-35(11-14-42(37)64-43-13-5-30(49)24-40(43)50)65(60,61)23-3-2-22-62-32-17-20-57(21-18-32)44-15-12-41(54-55-44)46(58)53-31-6-9-33(10-7-31)63-34-8-4-29(27-51)39(48)25-34/h4-5,8,11-16,19,24-26,28,31-33,52H,2-3,6-7,9-10,17-18,20-23H2,1H3,(H,53,58). The Bertz CT molecular complexity index is 2910. The first-order valence-corrected chi connectivity index (χ1v) is 23.4. The molecule has 1 saturated heterocycles. The summed E-state index contributed by atoms with van der Waals surface area (Å²) < 4.78 is 75.2. The Morgan fingerprint density at radius 1 is 0.923 bits per heavy atom. The summed E-state index contributed by atoms with van der Waals surface area (Å²) in [7, 11) is -2.23. The molecule has 0 bridgehead atoms. The van der Waals surface area contributed by atoms with Crippen molar-refractivity contribution in [2.24, 2.45) is 7.05 Å². The monoisotopic (exact) mass is 925 g/mol. The van der Waals surface area contributed by atoms with Crippen molar-refractivity contribution in [3.8, 4) is 34.4 Å². The Kier molecular flexibility index (Phi) is 13.8. The molecule has 8 rings (SSSR count). The van der Waals surface area contributed by atoms with Crippen LogP contribution in [0.4, 0.5) is 14.6 Å². The first-order valence-electron chi connectivity index (χ1n) is 21.4. The number of nitriles is 1. The van der Waals surface area contributed by atoms with Crippen LogP contribution in [0.3, 0.4) is 0 Å². The number of hydrogen-bond donors (Lipinski definition) is 2. The first kappa shape index (κ1) is 45.2. The number of anilines is 1. The number of amides is 1. The van der Waals surface area contributed by atoms with Crippen LogP contribution in [0.15, 0.2) is 94.9 Å². The molecule has 1 aliphatic heterocycles. The highest BCUT2D eigenvalue weighted by Crippen LogP contribution is 2.39. The fourth-order valence-corrected chi connectivity index (χ4v) is 9.83. The molecule has 1 aliphatic carbocycles. The van der Waals surface area contributed by atoms with Crippen LogP contribution in [0.5, 0.6) is 17.2 Å². The average Bonchev–Trinajstić information content (AvgIpc) is 3.80. The maximum Gasteiger partial charge on any atom is 0.274 e. The zero-order chi connectivity index (χ0) is 45.7. The van der Waals surface area contributed by atoms with Crippen LogP contribution in [0.1, 0.15) is 67.4 Å². The molecule has 0 spiro atoms. The number of piperidine rings is 1. The zero-order valence-corrected chi connectivity index (χ0v) is 37.0. The second-order valence-corrected chi connectivity index (χ2v) is 18.8. The van der Waals surface area contributed by atoms with Crippen LogP contribution >= 0.6 is 11.6 Å². The van der Waals surface area contributed by atoms with Gasteiger partial charge >= 0.3 is 0 Å². The van der Waals surface area contributed by atoms with Gasteiger partial charge in [-0.2, -0.15) is 5.26 Å². The molecule has 2 fully saturated rings. The minimum absolute atomic E-state index is 0.00331. The van der Waals surface area contributed by atoms with Crippen molar-refractivity contribution in [2.45, 2.75) is 74.5 Å². The fraction of sp³-hybridized carbons (Fsp3) is 0.340. The summed E-state index contributed by atoms with van der Waals surface area (Å²) in [5, 5.41) is 21.6. The third kappa shape index (κ3) is 10.6. The number of nitrogens with zero attached hydrogens (tertiary/aromatic N) is 5. The highest BCUT2D eigenvalue weighted by Gasteiger charge is 2.27. The molecule has 2 aliphatic rings. The van der Waals surface area contributed by atoms with E-state index in [1.54, 1.807) is 55.8 Å². The number of sulfone groups is 1. The van der Waals surface area contributed by atoms with Crippen molar-refractivity contribution in [1.29, 1.82) is 5.26 Å². The van der Waals surface area contributed by atoms with Crippen molar-refractivity contribution in [3.63, 3.8) is 0 Å². The lowest BCUT2D eigenvalue weighted by atomic mass is 9.93. The molecule has 3 aromatic carbocycles. The van der Waals surface area contributed by atoms with E-state index in [2.05, 4.69) is 25.4 Å². The molecule has 0 radical (unpaired) electrons. The van der Waals surface area contributed by atoms with E-state index >= 15 is 0 Å². The van der Waals surface area contributed by atoms with E-state index in [4.69, 9.17) is 31.1 Å². The number of H-pyrrole nitrogens is 1. The molecule has 14 nitrogen and oxygen atoms in total. The molecule has 4 heterocycles. The van der Waals surface area contributed by atoms with E-state index in [9.17, 15) is 26.8 Å². The highest BCUT2D eigenvalue weighted by molar-refractivity contribution is 7.91. The Labute approximate surface area is 379 Å². The number of unbranched alkanes of at least 4 members (excludes halogenated alkanes) is 1. The lowest BCUT2D eigenvalue weighted by Gasteiger charge is -2.32. The number of ether oxygens (including phenoxy) is 3. The number of halogens is 3. The highest BCUT2D eigenvalue weighted by atomic mass is 35.5. The molecule has 6 aromatic rings. The summed E-state index contributed by atoms with van der Waals surface area (Å²) in [4.78, 5) is 30.9. The summed E-state index contributed by atoms with van der Waals surface area (Å²) in [6, 6.07) is 19.4. The van der Waals surface area contributed by atoms with Gasteiger partial charge in [0.2, 0.25) is 0 Å². The smallest absolute Gasteiger partial charge is 0.274 e. The van der Waals surface area contributed by atoms with Crippen LogP contribution in [0.2, 0.25) is 5.02 Å². The number of carbonyl (C=O) groups is 1. The fourth-order valence-electron chi connectivity index (χ4n) is 8.23. The Morgan fingerprint density at radius 3 is 2.43 bits per heavy atom. The average molecular weight is 926 g/mol. The first-order chi connectivity index (χ1) is 31.3. The SMILES string of the molecule is Cn1cc(-c2cc(S(=O)(=O)CCCCOC3CCN(c4ccc(C(=O)NC5CCC(Oc6ccc(C#N)c(Cl)c6)CC5)nn4)CC3)ccc2Oc2ccc(F)cc2F)c2cc[nH]c2c1=O. The van der Waals surface area contributed by atoms with E-state index in [1.165, 1.54) is 22.8 Å². The normalized spacial score (nSPS) is 16.9. The summed E-state index contributed by atoms with van der Waals surface area (Å²) in [6.07, 6.45) is 8.51. The minimum Gasteiger partial charge on any atom is -0.490 e. The molecule has 3 aromatic heterocycles. The number of carbonyl (C=O) groups excluding carboxylic acids is 1. The van der Waals surface area contributed by atoms with E-state index in [-0.39, 0.29) is 57.6 Å². The van der Waals surface area contributed by atoms with E-state index < -0.39 is 21.5 Å². The maximum atomic E-state index is 14.7. The maximum absolute atomic E-state index is 14.7. The van der Waals surface area contributed by atoms with E-state index in [0.717, 1.165) is 50.7 Å². The van der Waals surface area contributed by atoms with Gasteiger partial charge in [0, 0.05) is 73.8 Å². The predicted octanol–water partition coefficient (Wildman–Crippen LogP) is 8.28.